The minimum Gasteiger partial charge on any atom is -0.354 e. The lowest BCUT2D eigenvalue weighted by Gasteiger charge is -2.35. The first-order valence-corrected chi connectivity index (χ1v) is 8.66. The smallest absolute Gasteiger partial charge is 0.226 e. The van der Waals surface area contributed by atoms with E-state index in [4.69, 9.17) is 4.98 Å². The highest BCUT2D eigenvalue weighted by molar-refractivity contribution is 5.45. The van der Waals surface area contributed by atoms with Crippen LogP contribution in [-0.4, -0.2) is 61.7 Å². The number of hydrogen-bond donors (Lipinski definition) is 0. The van der Waals surface area contributed by atoms with Crippen LogP contribution in [0.1, 0.15) is 11.3 Å². The van der Waals surface area contributed by atoms with Gasteiger partial charge in [0.25, 0.3) is 0 Å². The molecule has 128 valence electrons. The van der Waals surface area contributed by atoms with E-state index in [9.17, 15) is 0 Å². The number of piperazine rings is 1. The van der Waals surface area contributed by atoms with Crippen LogP contribution in [0.25, 0.3) is 0 Å². The van der Waals surface area contributed by atoms with Gasteiger partial charge in [-0.3, -0.25) is 4.90 Å². The maximum absolute atomic E-state index is 4.70. The summed E-state index contributed by atoms with van der Waals surface area (Å²) in [6.07, 6.45) is 1.12. The Morgan fingerprint density at radius 2 is 1.71 bits per heavy atom. The summed E-state index contributed by atoms with van der Waals surface area (Å²) >= 11 is 0. The fourth-order valence-corrected chi connectivity index (χ4v) is 3.03. The number of anilines is 2. The third kappa shape index (κ3) is 4.23. The van der Waals surface area contributed by atoms with Crippen molar-refractivity contribution in [1.29, 1.82) is 0 Å². The van der Waals surface area contributed by atoms with E-state index < -0.39 is 0 Å². The van der Waals surface area contributed by atoms with Crippen molar-refractivity contribution in [2.24, 2.45) is 0 Å². The molecule has 0 radical (unpaired) electrons. The normalized spacial score (nSPS) is 15.5. The van der Waals surface area contributed by atoms with E-state index >= 15 is 0 Å². The first-order chi connectivity index (χ1) is 11.6. The summed E-state index contributed by atoms with van der Waals surface area (Å²) in [5.41, 5.74) is 2.44. The third-order valence-corrected chi connectivity index (χ3v) is 4.48. The highest BCUT2D eigenvalue weighted by Crippen LogP contribution is 2.18. The molecule has 0 amide bonds. The highest BCUT2D eigenvalue weighted by Gasteiger charge is 2.19. The van der Waals surface area contributed by atoms with Gasteiger partial charge < -0.3 is 9.80 Å². The zero-order valence-corrected chi connectivity index (χ0v) is 14.9. The second kappa shape index (κ2) is 7.62. The molecule has 0 saturated carbocycles. The average Bonchev–Trinajstić information content (AvgIpc) is 2.61. The van der Waals surface area contributed by atoms with Gasteiger partial charge in [-0.15, -0.1) is 0 Å². The van der Waals surface area contributed by atoms with Crippen LogP contribution in [0.2, 0.25) is 0 Å². The van der Waals surface area contributed by atoms with Crippen molar-refractivity contribution in [2.75, 3.05) is 56.6 Å². The Balaban J connectivity index is 1.55. The molecule has 0 bridgehead atoms. The van der Waals surface area contributed by atoms with Crippen molar-refractivity contribution in [1.82, 2.24) is 14.9 Å². The van der Waals surface area contributed by atoms with Crippen molar-refractivity contribution < 1.29 is 0 Å². The van der Waals surface area contributed by atoms with Gasteiger partial charge in [0.05, 0.1) is 0 Å². The van der Waals surface area contributed by atoms with E-state index in [2.05, 4.69) is 51.2 Å². The number of nitrogens with zero attached hydrogens (tertiary/aromatic N) is 5. The molecule has 1 fully saturated rings. The Bertz CT molecular complexity index is 648. The lowest BCUT2D eigenvalue weighted by Crippen LogP contribution is -2.47. The molecule has 5 heteroatoms. The van der Waals surface area contributed by atoms with Gasteiger partial charge in [0, 0.05) is 58.6 Å². The highest BCUT2D eigenvalue weighted by atomic mass is 15.3. The monoisotopic (exact) mass is 325 g/mol. The second-order valence-electron chi connectivity index (χ2n) is 6.63. The first kappa shape index (κ1) is 16.7. The van der Waals surface area contributed by atoms with E-state index in [1.54, 1.807) is 0 Å². The van der Waals surface area contributed by atoms with Gasteiger partial charge in [0.1, 0.15) is 5.82 Å². The van der Waals surface area contributed by atoms with Crippen molar-refractivity contribution in [3.63, 3.8) is 0 Å². The van der Waals surface area contributed by atoms with Gasteiger partial charge in [-0.2, -0.15) is 4.98 Å². The van der Waals surface area contributed by atoms with Gasteiger partial charge in [-0.25, -0.2) is 4.98 Å². The Morgan fingerprint density at radius 3 is 2.38 bits per heavy atom. The van der Waals surface area contributed by atoms with Gasteiger partial charge in [0.15, 0.2) is 0 Å². The van der Waals surface area contributed by atoms with E-state index in [1.165, 1.54) is 5.56 Å². The summed E-state index contributed by atoms with van der Waals surface area (Å²) in [6.45, 7) is 7.40. The summed E-state index contributed by atoms with van der Waals surface area (Å²) in [7, 11) is 3.97. The standard InChI is InChI=1S/C19H27N5/c1-16-15-18(21-19(20-16)22(2)3)24-13-11-23(12-14-24)10-9-17-7-5-4-6-8-17/h4-8,15H,9-14H2,1-3H3. The topological polar surface area (TPSA) is 35.5 Å². The van der Waals surface area contributed by atoms with Crippen LogP contribution < -0.4 is 9.80 Å². The van der Waals surface area contributed by atoms with Crippen LogP contribution in [0.3, 0.4) is 0 Å². The quantitative estimate of drug-likeness (QED) is 0.842. The van der Waals surface area contributed by atoms with Crippen LogP contribution in [0.5, 0.6) is 0 Å². The van der Waals surface area contributed by atoms with Crippen LogP contribution in [0.15, 0.2) is 36.4 Å². The SMILES string of the molecule is Cc1cc(N2CCN(CCc3ccccc3)CC2)nc(N(C)C)n1. The van der Waals surface area contributed by atoms with Crippen LogP contribution in [0.4, 0.5) is 11.8 Å². The summed E-state index contributed by atoms with van der Waals surface area (Å²) in [6, 6.07) is 12.8. The van der Waals surface area contributed by atoms with Crippen molar-refractivity contribution in [3.05, 3.63) is 47.7 Å². The molecule has 0 atom stereocenters. The molecule has 2 heterocycles. The number of benzene rings is 1. The number of rotatable bonds is 5. The summed E-state index contributed by atoms with van der Waals surface area (Å²) in [5.74, 6) is 1.84. The molecule has 1 aliphatic heterocycles. The maximum Gasteiger partial charge on any atom is 0.226 e. The number of aryl methyl sites for hydroxylation is 1. The predicted octanol–water partition coefficient (Wildman–Crippen LogP) is 2.22. The molecule has 2 aromatic rings. The van der Waals surface area contributed by atoms with Gasteiger partial charge in [-0.1, -0.05) is 30.3 Å². The van der Waals surface area contributed by atoms with Crippen LogP contribution in [-0.2, 0) is 6.42 Å². The fourth-order valence-electron chi connectivity index (χ4n) is 3.03. The van der Waals surface area contributed by atoms with Crippen LogP contribution >= 0.6 is 0 Å². The minimum absolute atomic E-state index is 0.788. The van der Waals surface area contributed by atoms with Gasteiger partial charge in [-0.05, 0) is 18.9 Å². The van der Waals surface area contributed by atoms with Crippen LogP contribution in [0, 0.1) is 6.92 Å². The Hall–Kier alpha value is -2.14. The van der Waals surface area contributed by atoms with E-state index in [-0.39, 0.29) is 0 Å². The molecule has 3 rings (SSSR count). The largest absolute Gasteiger partial charge is 0.354 e. The first-order valence-electron chi connectivity index (χ1n) is 8.66. The maximum atomic E-state index is 4.70. The molecule has 1 aromatic heterocycles. The number of hydrogen-bond acceptors (Lipinski definition) is 5. The third-order valence-electron chi connectivity index (χ3n) is 4.48. The molecule has 0 aliphatic carbocycles. The Kier molecular flexibility index (Phi) is 5.30. The van der Waals surface area contributed by atoms with E-state index in [0.29, 0.717) is 0 Å². The molecule has 1 saturated heterocycles. The lowest BCUT2D eigenvalue weighted by molar-refractivity contribution is 0.260. The van der Waals surface area contributed by atoms with E-state index in [1.807, 2.05) is 25.9 Å². The molecule has 1 aromatic carbocycles. The second-order valence-corrected chi connectivity index (χ2v) is 6.63. The molecule has 24 heavy (non-hydrogen) atoms. The van der Waals surface area contributed by atoms with E-state index in [0.717, 1.165) is 56.6 Å². The average molecular weight is 325 g/mol. The molecule has 5 nitrogen and oxygen atoms in total. The van der Waals surface area contributed by atoms with Gasteiger partial charge in [0.2, 0.25) is 5.95 Å². The van der Waals surface area contributed by atoms with Crippen molar-refractivity contribution in [3.8, 4) is 0 Å². The summed E-state index contributed by atoms with van der Waals surface area (Å²) in [4.78, 5) is 16.1. The molecule has 0 spiro atoms. The lowest BCUT2D eigenvalue weighted by atomic mass is 10.1. The molecule has 0 N–H and O–H groups in total. The van der Waals surface area contributed by atoms with Crippen molar-refractivity contribution >= 4 is 11.8 Å². The van der Waals surface area contributed by atoms with Crippen molar-refractivity contribution in [2.45, 2.75) is 13.3 Å². The molecular weight excluding hydrogens is 298 g/mol. The predicted molar refractivity (Wildman–Crippen MR) is 99.9 cm³/mol. The number of aromatic nitrogens is 2. The molecule has 1 aliphatic rings. The Morgan fingerprint density at radius 1 is 1.00 bits per heavy atom. The molecular formula is C19H27N5. The summed E-state index contributed by atoms with van der Waals surface area (Å²) < 4.78 is 0. The zero-order valence-electron chi connectivity index (χ0n) is 14.9. The zero-order chi connectivity index (χ0) is 16.9. The van der Waals surface area contributed by atoms with Gasteiger partial charge >= 0.3 is 0 Å². The fraction of sp³-hybridized carbons (Fsp3) is 0.474. The molecule has 0 unspecified atom stereocenters. The summed E-state index contributed by atoms with van der Waals surface area (Å²) in [5, 5.41) is 0. The Labute approximate surface area is 144 Å². The minimum atomic E-state index is 0.788.